The number of amides is 1. The number of aromatic nitrogens is 2. The summed E-state index contributed by atoms with van der Waals surface area (Å²) in [6, 6.07) is 5.00. The minimum Gasteiger partial charge on any atom is -0.462 e. The van der Waals surface area contributed by atoms with E-state index in [1.165, 1.54) is 30.7 Å². The Morgan fingerprint density at radius 3 is 2.72 bits per heavy atom. The fourth-order valence-electron chi connectivity index (χ4n) is 3.72. The van der Waals surface area contributed by atoms with Gasteiger partial charge in [0, 0.05) is 17.3 Å². The third-order valence-electron chi connectivity index (χ3n) is 5.26. The van der Waals surface area contributed by atoms with Gasteiger partial charge < -0.3 is 14.8 Å². The van der Waals surface area contributed by atoms with E-state index in [-0.39, 0.29) is 12.2 Å². The molecule has 0 fully saturated rings. The molecule has 0 bridgehead atoms. The highest BCUT2D eigenvalue weighted by Gasteiger charge is 2.29. The first-order valence-electron chi connectivity index (χ1n) is 10.5. The van der Waals surface area contributed by atoms with Crippen molar-refractivity contribution in [2.24, 2.45) is 0 Å². The van der Waals surface area contributed by atoms with Gasteiger partial charge >= 0.3 is 11.9 Å². The van der Waals surface area contributed by atoms with Gasteiger partial charge in [0.2, 0.25) is 0 Å². The summed E-state index contributed by atoms with van der Waals surface area (Å²) in [6.45, 7) is 3.48. The molecule has 0 aliphatic heterocycles. The van der Waals surface area contributed by atoms with Crippen molar-refractivity contribution in [3.8, 4) is 0 Å². The lowest BCUT2D eigenvalue weighted by atomic mass is 9.95. The molecule has 1 unspecified atom stereocenters. The molecule has 1 aliphatic carbocycles. The molecule has 32 heavy (non-hydrogen) atoms. The molecule has 3 aromatic rings. The quantitative estimate of drug-likeness (QED) is 0.564. The summed E-state index contributed by atoms with van der Waals surface area (Å²) in [4.78, 5) is 47.6. The van der Waals surface area contributed by atoms with Crippen molar-refractivity contribution in [3.63, 3.8) is 0 Å². The fourth-order valence-corrected chi connectivity index (χ4v) is 5.00. The zero-order chi connectivity index (χ0) is 22.7. The summed E-state index contributed by atoms with van der Waals surface area (Å²) >= 11 is 1.39. The van der Waals surface area contributed by atoms with Gasteiger partial charge in [-0.3, -0.25) is 14.8 Å². The molecular weight excluding hydrogens is 430 g/mol. The van der Waals surface area contributed by atoms with E-state index in [0.717, 1.165) is 36.1 Å². The molecule has 1 aromatic carbocycles. The van der Waals surface area contributed by atoms with Gasteiger partial charge in [0.15, 0.2) is 6.10 Å². The first kappa shape index (κ1) is 21.9. The second-order valence-corrected chi connectivity index (χ2v) is 8.51. The Balaban J connectivity index is 1.52. The molecule has 1 aliphatic rings. The number of nitrogens with one attached hydrogen (secondary N) is 1. The molecule has 2 heterocycles. The van der Waals surface area contributed by atoms with Gasteiger partial charge in [-0.2, -0.15) is 0 Å². The number of anilines is 1. The number of fused-ring (bicyclic) bond motifs is 2. The number of thiophene rings is 1. The first-order chi connectivity index (χ1) is 15.5. The third-order valence-corrected chi connectivity index (χ3v) is 6.47. The molecule has 1 amide bonds. The second kappa shape index (κ2) is 9.44. The lowest BCUT2D eigenvalue weighted by molar-refractivity contribution is -0.123. The van der Waals surface area contributed by atoms with Crippen LogP contribution in [0.15, 0.2) is 30.6 Å². The van der Waals surface area contributed by atoms with E-state index < -0.39 is 23.9 Å². The molecule has 8 nitrogen and oxygen atoms in total. The monoisotopic (exact) mass is 453 g/mol. The number of aryl methyl sites for hydroxylation is 1. The van der Waals surface area contributed by atoms with E-state index in [1.54, 1.807) is 25.1 Å². The Morgan fingerprint density at radius 2 is 1.91 bits per heavy atom. The normalized spacial score (nSPS) is 13.8. The molecule has 4 rings (SSSR count). The van der Waals surface area contributed by atoms with Crippen LogP contribution in [0.1, 0.15) is 57.8 Å². The van der Waals surface area contributed by atoms with Crippen LogP contribution in [-0.4, -0.2) is 40.5 Å². The molecule has 0 radical (unpaired) electrons. The fraction of sp³-hybridized carbons (Fsp3) is 0.348. The number of rotatable bonds is 6. The summed E-state index contributed by atoms with van der Waals surface area (Å²) in [5.41, 5.74) is 2.57. The van der Waals surface area contributed by atoms with Crippen LogP contribution >= 0.6 is 11.3 Å². The van der Waals surface area contributed by atoms with Crippen molar-refractivity contribution in [1.29, 1.82) is 0 Å². The number of ether oxygens (including phenoxy) is 2. The van der Waals surface area contributed by atoms with Crippen molar-refractivity contribution in [2.75, 3.05) is 11.9 Å². The van der Waals surface area contributed by atoms with Crippen LogP contribution in [-0.2, 0) is 27.1 Å². The van der Waals surface area contributed by atoms with Crippen LogP contribution in [0.2, 0.25) is 0 Å². The maximum atomic E-state index is 12.8. The van der Waals surface area contributed by atoms with E-state index in [9.17, 15) is 14.4 Å². The predicted octanol–water partition coefficient (Wildman–Crippen LogP) is 3.93. The van der Waals surface area contributed by atoms with Crippen LogP contribution < -0.4 is 5.32 Å². The highest BCUT2D eigenvalue weighted by molar-refractivity contribution is 7.17. The highest BCUT2D eigenvalue weighted by Crippen LogP contribution is 2.38. The van der Waals surface area contributed by atoms with Crippen molar-refractivity contribution in [3.05, 3.63) is 52.2 Å². The molecule has 1 N–H and O–H groups in total. The topological polar surface area (TPSA) is 107 Å². The first-order valence-corrected chi connectivity index (χ1v) is 11.3. The van der Waals surface area contributed by atoms with Crippen molar-refractivity contribution < 1.29 is 23.9 Å². The molecule has 9 heteroatoms. The van der Waals surface area contributed by atoms with E-state index in [2.05, 4.69) is 15.3 Å². The van der Waals surface area contributed by atoms with Crippen LogP contribution in [0, 0.1) is 0 Å². The molecule has 166 valence electrons. The van der Waals surface area contributed by atoms with Gasteiger partial charge in [0.05, 0.1) is 23.3 Å². The van der Waals surface area contributed by atoms with Gasteiger partial charge in [-0.15, -0.1) is 11.3 Å². The predicted molar refractivity (Wildman–Crippen MR) is 120 cm³/mol. The van der Waals surface area contributed by atoms with Gasteiger partial charge in [0.1, 0.15) is 10.5 Å². The number of para-hydroxylation sites is 1. The van der Waals surface area contributed by atoms with Crippen LogP contribution in [0.4, 0.5) is 5.00 Å². The Labute approximate surface area is 189 Å². The zero-order valence-corrected chi connectivity index (χ0v) is 18.7. The molecular formula is C23H23N3O5S. The Morgan fingerprint density at radius 1 is 1.12 bits per heavy atom. The standard InChI is InChI=1S/C23H23N3O5S/c1-3-30-23(29)18-14-7-4-5-10-17(14)32-21(18)26-20(27)13(2)31-22(28)15-8-6-9-16-19(15)25-12-11-24-16/h6,8-9,11-13H,3-5,7,10H2,1-2H3,(H,26,27). The Bertz CT molecular complexity index is 1180. The summed E-state index contributed by atoms with van der Waals surface area (Å²) in [5, 5.41) is 3.22. The number of hydrogen-bond acceptors (Lipinski definition) is 8. The lowest BCUT2D eigenvalue weighted by Gasteiger charge is -2.14. The summed E-state index contributed by atoms with van der Waals surface area (Å²) < 4.78 is 10.6. The second-order valence-electron chi connectivity index (χ2n) is 7.40. The smallest absolute Gasteiger partial charge is 0.341 e. The van der Waals surface area contributed by atoms with Crippen LogP contribution in [0.25, 0.3) is 11.0 Å². The highest BCUT2D eigenvalue weighted by atomic mass is 32.1. The van der Waals surface area contributed by atoms with Crippen molar-refractivity contribution >= 4 is 45.2 Å². The maximum absolute atomic E-state index is 12.8. The van der Waals surface area contributed by atoms with Crippen LogP contribution in [0.3, 0.4) is 0 Å². The Hall–Kier alpha value is -3.33. The van der Waals surface area contributed by atoms with E-state index in [1.807, 2.05) is 0 Å². The average Bonchev–Trinajstić information content (AvgIpc) is 3.16. The lowest BCUT2D eigenvalue weighted by Crippen LogP contribution is -2.30. The van der Waals surface area contributed by atoms with E-state index in [4.69, 9.17) is 9.47 Å². The average molecular weight is 454 g/mol. The van der Waals surface area contributed by atoms with Gasteiger partial charge in [-0.25, -0.2) is 9.59 Å². The minimum atomic E-state index is -1.08. The van der Waals surface area contributed by atoms with Crippen molar-refractivity contribution in [1.82, 2.24) is 9.97 Å². The number of carbonyl (C=O) groups is 3. The summed E-state index contributed by atoms with van der Waals surface area (Å²) in [5.74, 6) is -1.63. The molecule has 0 saturated carbocycles. The van der Waals surface area contributed by atoms with Gasteiger partial charge in [0.25, 0.3) is 5.91 Å². The Kier molecular flexibility index (Phi) is 6.45. The molecule has 2 aromatic heterocycles. The maximum Gasteiger partial charge on any atom is 0.341 e. The SMILES string of the molecule is CCOC(=O)c1c(NC(=O)C(C)OC(=O)c2cccc3nccnc23)sc2c1CCCC2. The number of benzene rings is 1. The summed E-state index contributed by atoms with van der Waals surface area (Å²) in [6.07, 6.45) is 5.64. The van der Waals surface area contributed by atoms with Crippen LogP contribution in [0.5, 0.6) is 0 Å². The van der Waals surface area contributed by atoms with Gasteiger partial charge in [-0.05, 0) is 57.2 Å². The van der Waals surface area contributed by atoms with Gasteiger partial charge in [-0.1, -0.05) is 6.07 Å². The third kappa shape index (κ3) is 4.34. The number of carbonyl (C=O) groups excluding carboxylic acids is 3. The number of nitrogens with zero attached hydrogens (tertiary/aromatic N) is 2. The molecule has 0 saturated heterocycles. The van der Waals surface area contributed by atoms with Crippen molar-refractivity contribution in [2.45, 2.75) is 45.6 Å². The molecule has 0 spiro atoms. The molecule has 1 atom stereocenters. The zero-order valence-electron chi connectivity index (χ0n) is 17.8. The van der Waals surface area contributed by atoms with E-state index in [0.29, 0.717) is 21.6 Å². The number of esters is 2. The van der Waals surface area contributed by atoms with E-state index >= 15 is 0 Å². The largest absolute Gasteiger partial charge is 0.462 e. The summed E-state index contributed by atoms with van der Waals surface area (Å²) in [7, 11) is 0. The minimum absolute atomic E-state index is 0.231. The number of hydrogen-bond donors (Lipinski definition) is 1.